The molecule has 74 valence electrons. The third-order valence-electron chi connectivity index (χ3n) is 1.90. The number of carboxylic acids is 2. The van der Waals surface area contributed by atoms with Crippen molar-refractivity contribution in [3.05, 3.63) is 12.2 Å². The Morgan fingerprint density at radius 3 is 1.93 bits per heavy atom. The second-order valence-electron chi connectivity index (χ2n) is 2.84. The molecule has 0 aromatic rings. The molecular formula is C9H12Na2O4. The van der Waals surface area contributed by atoms with Crippen LogP contribution in [0.1, 0.15) is 20.3 Å². The monoisotopic (exact) mass is 230 g/mol. The average molecular weight is 230 g/mol. The van der Waals surface area contributed by atoms with Gasteiger partial charge in [-0.05, 0) is 13.3 Å². The molecular weight excluding hydrogens is 218 g/mol. The van der Waals surface area contributed by atoms with E-state index in [9.17, 15) is 19.8 Å². The van der Waals surface area contributed by atoms with Crippen molar-refractivity contribution in [3.63, 3.8) is 0 Å². The normalized spacial score (nSPS) is 13.5. The molecule has 0 N–H and O–H groups in total. The number of carboxylic acid groups (broad SMARTS) is 2. The maximum atomic E-state index is 10.5. The molecule has 0 heterocycles. The molecule has 15 heavy (non-hydrogen) atoms. The van der Waals surface area contributed by atoms with E-state index in [1.54, 1.807) is 19.1 Å². The van der Waals surface area contributed by atoms with E-state index in [4.69, 9.17) is 0 Å². The van der Waals surface area contributed by atoms with Crippen LogP contribution in [0.4, 0.5) is 0 Å². The second kappa shape index (κ2) is 11.2. The first-order valence-electron chi connectivity index (χ1n) is 4.03. The molecule has 0 radical (unpaired) electrons. The summed E-state index contributed by atoms with van der Waals surface area (Å²) >= 11 is 0. The van der Waals surface area contributed by atoms with E-state index < -0.39 is 23.8 Å². The number of hydrogen-bond acceptors (Lipinski definition) is 4. The Morgan fingerprint density at radius 1 is 1.20 bits per heavy atom. The first-order valence-corrected chi connectivity index (χ1v) is 4.03. The number of allylic oxidation sites excluding steroid dienone is 2. The van der Waals surface area contributed by atoms with Gasteiger partial charge in [-0.15, -0.1) is 0 Å². The molecule has 0 bridgehead atoms. The smallest absolute Gasteiger partial charge is 0.550 e. The van der Waals surface area contributed by atoms with Crippen molar-refractivity contribution in [3.8, 4) is 0 Å². The molecule has 0 amide bonds. The van der Waals surface area contributed by atoms with E-state index in [1.807, 2.05) is 0 Å². The minimum absolute atomic E-state index is 0. The van der Waals surface area contributed by atoms with E-state index >= 15 is 0 Å². The van der Waals surface area contributed by atoms with Crippen LogP contribution in [0.3, 0.4) is 0 Å². The number of aliphatic carboxylic acids is 2. The molecule has 4 nitrogen and oxygen atoms in total. The summed E-state index contributed by atoms with van der Waals surface area (Å²) in [6, 6.07) is 0. The molecule has 6 heteroatoms. The summed E-state index contributed by atoms with van der Waals surface area (Å²) in [5, 5.41) is 20.9. The van der Waals surface area contributed by atoms with Gasteiger partial charge in [-0.1, -0.05) is 19.1 Å². The maximum absolute atomic E-state index is 10.5. The van der Waals surface area contributed by atoms with Gasteiger partial charge in [-0.2, -0.15) is 0 Å². The second-order valence-corrected chi connectivity index (χ2v) is 2.84. The summed E-state index contributed by atoms with van der Waals surface area (Å²) < 4.78 is 0. The van der Waals surface area contributed by atoms with Crippen LogP contribution in [-0.4, -0.2) is 11.9 Å². The van der Waals surface area contributed by atoms with Gasteiger partial charge >= 0.3 is 59.1 Å². The van der Waals surface area contributed by atoms with E-state index in [-0.39, 0.29) is 65.5 Å². The first kappa shape index (κ1) is 21.0. The van der Waals surface area contributed by atoms with Gasteiger partial charge in [-0.3, -0.25) is 0 Å². The van der Waals surface area contributed by atoms with Crippen LogP contribution in [0, 0.1) is 11.8 Å². The van der Waals surface area contributed by atoms with Gasteiger partial charge in [0.05, 0.1) is 0 Å². The fraction of sp³-hybridized carbons (Fsp3) is 0.556. The molecule has 0 spiro atoms. The van der Waals surface area contributed by atoms with Crippen molar-refractivity contribution in [1.29, 1.82) is 0 Å². The minimum Gasteiger partial charge on any atom is -0.550 e. The van der Waals surface area contributed by atoms with Crippen molar-refractivity contribution in [2.24, 2.45) is 11.8 Å². The number of hydrogen-bond donors (Lipinski definition) is 0. The van der Waals surface area contributed by atoms with Crippen molar-refractivity contribution in [2.75, 3.05) is 0 Å². The Morgan fingerprint density at radius 2 is 1.67 bits per heavy atom. The van der Waals surface area contributed by atoms with Crippen LogP contribution >= 0.6 is 0 Å². The predicted octanol–water partition coefficient (Wildman–Crippen LogP) is -7.29. The summed E-state index contributed by atoms with van der Waals surface area (Å²) in [4.78, 5) is 20.9. The Kier molecular flexibility index (Phi) is 15.7. The largest absolute Gasteiger partial charge is 1.00 e. The summed E-state index contributed by atoms with van der Waals surface area (Å²) in [5.41, 5.74) is 0. The van der Waals surface area contributed by atoms with E-state index in [1.165, 1.54) is 6.92 Å². The van der Waals surface area contributed by atoms with Gasteiger partial charge in [-0.25, -0.2) is 0 Å². The summed E-state index contributed by atoms with van der Waals surface area (Å²) in [7, 11) is 0. The molecule has 0 rings (SSSR count). The Hall–Kier alpha value is 0.680. The molecule has 0 fully saturated rings. The van der Waals surface area contributed by atoms with Gasteiger partial charge in [0.2, 0.25) is 0 Å². The minimum atomic E-state index is -1.36. The fourth-order valence-corrected chi connectivity index (χ4v) is 0.951. The van der Waals surface area contributed by atoms with Crippen LogP contribution in [0.5, 0.6) is 0 Å². The van der Waals surface area contributed by atoms with Crippen molar-refractivity contribution < 1.29 is 78.9 Å². The predicted molar refractivity (Wildman–Crippen MR) is 42.1 cm³/mol. The number of carbonyl (C=O) groups is 2. The molecule has 0 aliphatic heterocycles. The standard InChI is InChI=1S/C9H14O4.2Na/c1-3-4-5-7(9(12)13)6(2)8(10)11;;/h3-4,6-7H,5H2,1-2H3,(H,10,11)(H,12,13);;/q;2*+1/p-2. The zero-order valence-electron chi connectivity index (χ0n) is 9.65. The van der Waals surface area contributed by atoms with Crippen LogP contribution < -0.4 is 69.3 Å². The van der Waals surface area contributed by atoms with Gasteiger partial charge in [0.15, 0.2) is 0 Å². The first-order chi connectivity index (χ1) is 6.00. The SMILES string of the molecule is CC=CCC(C(=O)[O-])C(C)C(=O)[O-].[Na+].[Na+]. The molecule has 0 aliphatic rings. The Balaban J connectivity index is -0.000000720. The summed E-state index contributed by atoms with van der Waals surface area (Å²) in [5.74, 6) is -4.75. The van der Waals surface area contributed by atoms with Crippen LogP contribution in [0.25, 0.3) is 0 Å². The molecule has 2 unspecified atom stereocenters. The molecule has 2 atom stereocenters. The van der Waals surface area contributed by atoms with Crippen molar-refractivity contribution >= 4 is 11.9 Å². The molecule has 0 aliphatic carbocycles. The average Bonchev–Trinajstić information content (AvgIpc) is 2.04. The topological polar surface area (TPSA) is 80.3 Å². The van der Waals surface area contributed by atoms with E-state index in [0.29, 0.717) is 0 Å². The number of carbonyl (C=O) groups excluding carboxylic acids is 2. The third-order valence-corrected chi connectivity index (χ3v) is 1.90. The van der Waals surface area contributed by atoms with Crippen LogP contribution in [0.15, 0.2) is 12.2 Å². The van der Waals surface area contributed by atoms with Crippen LogP contribution in [0.2, 0.25) is 0 Å². The summed E-state index contributed by atoms with van der Waals surface area (Å²) in [6.45, 7) is 3.04. The van der Waals surface area contributed by atoms with Gasteiger partial charge in [0.1, 0.15) is 0 Å². The Labute approximate surface area is 134 Å². The molecule has 0 aromatic carbocycles. The van der Waals surface area contributed by atoms with Gasteiger partial charge in [0, 0.05) is 23.8 Å². The molecule has 0 saturated carbocycles. The summed E-state index contributed by atoms with van der Waals surface area (Å²) in [6.07, 6.45) is 3.42. The quantitative estimate of drug-likeness (QED) is 0.347. The van der Waals surface area contributed by atoms with Gasteiger partial charge < -0.3 is 19.8 Å². The van der Waals surface area contributed by atoms with Crippen molar-refractivity contribution in [1.82, 2.24) is 0 Å². The van der Waals surface area contributed by atoms with Crippen molar-refractivity contribution in [2.45, 2.75) is 20.3 Å². The zero-order chi connectivity index (χ0) is 10.4. The molecule has 0 saturated heterocycles. The molecule has 0 aromatic heterocycles. The van der Waals surface area contributed by atoms with Gasteiger partial charge in [0.25, 0.3) is 0 Å². The third kappa shape index (κ3) is 8.48. The fourth-order valence-electron chi connectivity index (χ4n) is 0.951. The van der Waals surface area contributed by atoms with Crippen LogP contribution in [-0.2, 0) is 9.59 Å². The Bertz CT molecular complexity index is 228. The van der Waals surface area contributed by atoms with E-state index in [2.05, 4.69) is 0 Å². The number of rotatable bonds is 5. The maximum Gasteiger partial charge on any atom is 1.00 e. The zero-order valence-corrected chi connectivity index (χ0v) is 13.6. The van der Waals surface area contributed by atoms with E-state index in [0.717, 1.165) is 0 Å².